The van der Waals surface area contributed by atoms with Crippen molar-refractivity contribution in [3.8, 4) is 0 Å². The monoisotopic (exact) mass is 312 g/mol. The van der Waals surface area contributed by atoms with Gasteiger partial charge >= 0.3 is 0 Å². The summed E-state index contributed by atoms with van der Waals surface area (Å²) in [5.74, 6) is -0.148. The molecule has 1 aromatic carbocycles. The molecule has 0 aromatic heterocycles. The van der Waals surface area contributed by atoms with E-state index in [2.05, 4.69) is 6.92 Å². The summed E-state index contributed by atoms with van der Waals surface area (Å²) >= 11 is 6.41. The highest BCUT2D eigenvalue weighted by Crippen LogP contribution is 2.28. The van der Waals surface area contributed by atoms with Crippen LogP contribution in [0.2, 0.25) is 0 Å². The van der Waals surface area contributed by atoms with E-state index in [0.29, 0.717) is 5.56 Å². The minimum Gasteiger partial charge on any atom is -0.207 e. The van der Waals surface area contributed by atoms with Crippen molar-refractivity contribution in [1.82, 2.24) is 0 Å². The van der Waals surface area contributed by atoms with E-state index in [9.17, 15) is 4.39 Å². The Bertz CT molecular complexity index is 389. The average molecular weight is 313 g/mol. The van der Waals surface area contributed by atoms with Crippen LogP contribution in [0.25, 0.3) is 0 Å². The molecular formula is C19H30ClF. The maximum Gasteiger partial charge on any atom is 0.126 e. The first-order chi connectivity index (χ1) is 10.1. The molecule has 0 bridgehead atoms. The average Bonchev–Trinajstić information content (AvgIpc) is 2.48. The van der Waals surface area contributed by atoms with Crippen LogP contribution in [0.1, 0.15) is 87.6 Å². The summed E-state index contributed by atoms with van der Waals surface area (Å²) in [7, 11) is 0. The first kappa shape index (κ1) is 18.5. The third-order valence-electron chi connectivity index (χ3n) is 4.10. The fraction of sp³-hybridized carbons (Fsp3) is 0.684. The third kappa shape index (κ3) is 7.85. The number of aryl methyl sites for hydroxylation is 1. The molecule has 1 unspecified atom stereocenters. The molecule has 1 atom stereocenters. The first-order valence-electron chi connectivity index (χ1n) is 8.55. The lowest BCUT2D eigenvalue weighted by molar-refractivity contribution is 0.553. The van der Waals surface area contributed by atoms with Gasteiger partial charge in [-0.3, -0.25) is 0 Å². The van der Waals surface area contributed by atoms with Crippen molar-refractivity contribution < 1.29 is 4.39 Å². The summed E-state index contributed by atoms with van der Waals surface area (Å²) < 4.78 is 13.2. The zero-order valence-corrected chi connectivity index (χ0v) is 14.4. The van der Waals surface area contributed by atoms with Crippen molar-refractivity contribution in [2.24, 2.45) is 0 Å². The van der Waals surface area contributed by atoms with Crippen LogP contribution >= 0.6 is 11.6 Å². The van der Waals surface area contributed by atoms with Gasteiger partial charge in [0, 0.05) is 0 Å². The number of halogens is 2. The van der Waals surface area contributed by atoms with E-state index in [4.69, 9.17) is 11.6 Å². The largest absolute Gasteiger partial charge is 0.207 e. The molecule has 0 heterocycles. The van der Waals surface area contributed by atoms with Crippen LogP contribution in [0.5, 0.6) is 0 Å². The molecule has 21 heavy (non-hydrogen) atoms. The molecule has 0 aliphatic heterocycles. The molecule has 0 nitrogen and oxygen atoms in total. The van der Waals surface area contributed by atoms with E-state index < -0.39 is 0 Å². The Labute approximate surface area is 135 Å². The second-order valence-electron chi connectivity index (χ2n) is 6.09. The minimum absolute atomic E-state index is 0.0221. The second kappa shape index (κ2) is 11.1. The fourth-order valence-electron chi connectivity index (χ4n) is 2.66. The smallest absolute Gasteiger partial charge is 0.126 e. The lowest BCUT2D eigenvalue weighted by Crippen LogP contribution is -1.93. The van der Waals surface area contributed by atoms with Crippen molar-refractivity contribution in [1.29, 1.82) is 0 Å². The number of rotatable bonds is 11. The Morgan fingerprint density at radius 3 is 2.10 bits per heavy atom. The van der Waals surface area contributed by atoms with Crippen LogP contribution in [-0.2, 0) is 0 Å². The standard InChI is InChI=1S/C19H30ClF/c1-3-4-5-6-7-8-9-10-11-12-18(20)17-13-14-19(21)16(2)15-17/h13-15,18H,3-12H2,1-2H3. The molecule has 2 heteroatoms. The van der Waals surface area contributed by atoms with Crippen LogP contribution in [0.3, 0.4) is 0 Å². The van der Waals surface area contributed by atoms with Gasteiger partial charge in [0.25, 0.3) is 0 Å². The highest BCUT2D eigenvalue weighted by molar-refractivity contribution is 6.20. The van der Waals surface area contributed by atoms with Gasteiger partial charge in [0.1, 0.15) is 5.82 Å². The molecule has 1 aromatic rings. The Morgan fingerprint density at radius 2 is 1.52 bits per heavy atom. The normalized spacial score (nSPS) is 12.6. The van der Waals surface area contributed by atoms with Crippen molar-refractivity contribution in [3.63, 3.8) is 0 Å². The summed E-state index contributed by atoms with van der Waals surface area (Å²) in [4.78, 5) is 0. The number of hydrogen-bond acceptors (Lipinski definition) is 0. The van der Waals surface area contributed by atoms with Crippen molar-refractivity contribution in [3.05, 3.63) is 35.1 Å². The molecule has 0 fully saturated rings. The molecule has 0 spiro atoms. The van der Waals surface area contributed by atoms with E-state index >= 15 is 0 Å². The van der Waals surface area contributed by atoms with Crippen molar-refractivity contribution in [2.45, 2.75) is 83.4 Å². The molecular weight excluding hydrogens is 283 g/mol. The quantitative estimate of drug-likeness (QED) is 0.296. The molecule has 120 valence electrons. The highest BCUT2D eigenvalue weighted by Gasteiger charge is 2.09. The third-order valence-corrected chi connectivity index (χ3v) is 4.58. The summed E-state index contributed by atoms with van der Waals surface area (Å²) in [6, 6.07) is 5.21. The summed E-state index contributed by atoms with van der Waals surface area (Å²) in [6.07, 6.45) is 12.9. The molecule has 0 saturated carbocycles. The lowest BCUT2D eigenvalue weighted by Gasteiger charge is -2.11. The van der Waals surface area contributed by atoms with Gasteiger partial charge in [0.15, 0.2) is 0 Å². The first-order valence-corrected chi connectivity index (χ1v) is 8.99. The number of alkyl halides is 1. The maximum atomic E-state index is 13.2. The predicted octanol–water partition coefficient (Wildman–Crippen LogP) is 7.33. The van der Waals surface area contributed by atoms with Gasteiger partial charge in [-0.25, -0.2) is 4.39 Å². The Balaban J connectivity index is 2.08. The van der Waals surface area contributed by atoms with Gasteiger partial charge in [-0.15, -0.1) is 11.6 Å². The van der Waals surface area contributed by atoms with Gasteiger partial charge in [0.2, 0.25) is 0 Å². The van der Waals surface area contributed by atoms with E-state index in [1.54, 1.807) is 6.92 Å². The van der Waals surface area contributed by atoms with Gasteiger partial charge in [-0.05, 0) is 30.5 Å². The van der Waals surface area contributed by atoms with Crippen molar-refractivity contribution in [2.75, 3.05) is 0 Å². The molecule has 0 radical (unpaired) electrons. The highest BCUT2D eigenvalue weighted by atomic mass is 35.5. The molecule has 0 aliphatic carbocycles. The maximum absolute atomic E-state index is 13.2. The van der Waals surface area contributed by atoms with Gasteiger partial charge in [0.05, 0.1) is 5.38 Å². The number of hydrogen-bond donors (Lipinski definition) is 0. The van der Waals surface area contributed by atoms with E-state index in [1.165, 1.54) is 63.9 Å². The van der Waals surface area contributed by atoms with Gasteiger partial charge in [-0.2, -0.15) is 0 Å². The predicted molar refractivity (Wildman–Crippen MR) is 91.6 cm³/mol. The zero-order valence-electron chi connectivity index (χ0n) is 13.6. The molecule has 0 saturated heterocycles. The van der Waals surface area contributed by atoms with E-state index in [0.717, 1.165) is 12.0 Å². The van der Waals surface area contributed by atoms with Crippen LogP contribution in [0.4, 0.5) is 4.39 Å². The molecule has 1 rings (SSSR count). The van der Waals surface area contributed by atoms with Gasteiger partial charge < -0.3 is 0 Å². The SMILES string of the molecule is CCCCCCCCCCCC(Cl)c1ccc(F)c(C)c1. The molecule has 0 aliphatic rings. The summed E-state index contributed by atoms with van der Waals surface area (Å²) in [5.41, 5.74) is 1.74. The Kier molecular flexibility index (Phi) is 9.74. The Morgan fingerprint density at radius 1 is 0.952 bits per heavy atom. The number of unbranched alkanes of at least 4 members (excludes halogenated alkanes) is 8. The minimum atomic E-state index is -0.148. The number of benzene rings is 1. The van der Waals surface area contributed by atoms with E-state index in [1.807, 2.05) is 12.1 Å². The van der Waals surface area contributed by atoms with Crippen LogP contribution in [0.15, 0.2) is 18.2 Å². The molecule has 0 amide bonds. The van der Waals surface area contributed by atoms with E-state index in [-0.39, 0.29) is 11.2 Å². The summed E-state index contributed by atoms with van der Waals surface area (Å²) in [6.45, 7) is 4.05. The topological polar surface area (TPSA) is 0 Å². The zero-order chi connectivity index (χ0) is 15.5. The lowest BCUT2D eigenvalue weighted by atomic mass is 10.0. The Hall–Kier alpha value is -0.560. The van der Waals surface area contributed by atoms with Crippen molar-refractivity contribution >= 4 is 11.6 Å². The van der Waals surface area contributed by atoms with Gasteiger partial charge in [-0.1, -0.05) is 76.8 Å². The molecule has 0 N–H and O–H groups in total. The van der Waals surface area contributed by atoms with Crippen LogP contribution in [-0.4, -0.2) is 0 Å². The fourth-order valence-corrected chi connectivity index (χ4v) is 2.95. The second-order valence-corrected chi connectivity index (χ2v) is 6.62. The summed E-state index contributed by atoms with van der Waals surface area (Å²) in [5, 5.41) is 0.0221. The van der Waals surface area contributed by atoms with Crippen LogP contribution in [0, 0.1) is 12.7 Å². The van der Waals surface area contributed by atoms with Crippen LogP contribution < -0.4 is 0 Å².